The molecule has 8 heteroatoms. The second-order valence-electron chi connectivity index (χ2n) is 3.74. The summed E-state index contributed by atoms with van der Waals surface area (Å²) >= 11 is 4.84. The van der Waals surface area contributed by atoms with E-state index >= 15 is 0 Å². The Morgan fingerprint density at radius 2 is 2.25 bits per heavy atom. The third-order valence-corrected chi connectivity index (χ3v) is 4.00. The molecule has 0 unspecified atom stereocenters. The number of hydrogen-bond donors (Lipinski definition) is 3. The molecule has 0 aliphatic heterocycles. The van der Waals surface area contributed by atoms with Gasteiger partial charge in [0.1, 0.15) is 0 Å². The van der Waals surface area contributed by atoms with Crippen molar-refractivity contribution in [3.05, 3.63) is 44.8 Å². The molecule has 0 aliphatic carbocycles. The van der Waals surface area contributed by atoms with Gasteiger partial charge in [0.15, 0.2) is 5.69 Å². The summed E-state index contributed by atoms with van der Waals surface area (Å²) in [5.74, 6) is -1.19. The Kier molecular flexibility index (Phi) is 4.70. The summed E-state index contributed by atoms with van der Waals surface area (Å²) in [6.07, 6.45) is 1.36. The summed E-state index contributed by atoms with van der Waals surface area (Å²) in [6, 6.07) is 4.46. The van der Waals surface area contributed by atoms with Crippen molar-refractivity contribution in [2.24, 2.45) is 0 Å². The molecule has 2 heterocycles. The smallest absolute Gasteiger partial charge is 0.356 e. The second kappa shape index (κ2) is 6.49. The number of carbonyl (C=O) groups is 2. The van der Waals surface area contributed by atoms with Crippen LogP contribution in [0.25, 0.3) is 0 Å². The van der Waals surface area contributed by atoms with Gasteiger partial charge in [0.25, 0.3) is 0 Å². The van der Waals surface area contributed by atoms with Crippen molar-refractivity contribution in [2.45, 2.75) is 6.54 Å². The molecule has 0 radical (unpaired) electrons. The van der Waals surface area contributed by atoms with Crippen molar-refractivity contribution in [1.82, 2.24) is 10.3 Å². The Bertz CT molecular complexity index is 644. The monoisotopic (exact) mass is 355 g/mol. The van der Waals surface area contributed by atoms with Crippen molar-refractivity contribution < 1.29 is 14.7 Å². The summed E-state index contributed by atoms with van der Waals surface area (Å²) < 4.78 is 0.958. The van der Waals surface area contributed by atoms with Gasteiger partial charge in [0, 0.05) is 20.9 Å². The van der Waals surface area contributed by atoms with E-state index in [-0.39, 0.29) is 11.4 Å². The number of carbonyl (C=O) groups excluding carboxylic acids is 1. The number of aromatic nitrogens is 1. The van der Waals surface area contributed by atoms with E-state index in [1.807, 2.05) is 11.4 Å². The summed E-state index contributed by atoms with van der Waals surface area (Å²) in [5.41, 5.74) is -0.0358. The Hall–Kier alpha value is -1.93. The first-order valence-electron chi connectivity index (χ1n) is 5.52. The molecule has 2 aromatic rings. The van der Waals surface area contributed by atoms with Crippen molar-refractivity contribution in [3.63, 3.8) is 0 Å². The number of aromatic carboxylic acids is 1. The van der Waals surface area contributed by atoms with Gasteiger partial charge in [0.2, 0.25) is 0 Å². The molecule has 20 heavy (non-hydrogen) atoms. The zero-order chi connectivity index (χ0) is 14.5. The number of thiophene rings is 1. The molecule has 0 fully saturated rings. The first kappa shape index (κ1) is 14.5. The van der Waals surface area contributed by atoms with Crippen LogP contribution in [0.4, 0.5) is 10.5 Å². The second-order valence-corrected chi connectivity index (χ2v) is 5.66. The molecule has 2 amide bonds. The Balaban J connectivity index is 1.96. The summed E-state index contributed by atoms with van der Waals surface area (Å²) in [7, 11) is 0. The van der Waals surface area contributed by atoms with Gasteiger partial charge >= 0.3 is 12.0 Å². The summed E-state index contributed by atoms with van der Waals surface area (Å²) in [6.45, 7) is 0.366. The van der Waals surface area contributed by atoms with Crippen molar-refractivity contribution >= 4 is 45.0 Å². The van der Waals surface area contributed by atoms with Crippen molar-refractivity contribution in [3.8, 4) is 0 Å². The summed E-state index contributed by atoms with van der Waals surface area (Å²) in [4.78, 5) is 27.4. The van der Waals surface area contributed by atoms with Crippen LogP contribution in [0.5, 0.6) is 0 Å². The number of rotatable bonds is 4. The first-order chi connectivity index (χ1) is 9.56. The van der Waals surface area contributed by atoms with Gasteiger partial charge in [-0.05, 0) is 34.1 Å². The van der Waals surface area contributed by atoms with E-state index in [2.05, 4.69) is 31.5 Å². The molecule has 0 aliphatic rings. The number of amides is 2. The maximum Gasteiger partial charge on any atom is 0.356 e. The number of carboxylic acid groups (broad SMARTS) is 1. The number of nitrogens with zero attached hydrogens (tertiary/aromatic N) is 1. The number of hydrogen-bond acceptors (Lipinski definition) is 4. The van der Waals surface area contributed by atoms with Gasteiger partial charge < -0.3 is 15.7 Å². The van der Waals surface area contributed by atoms with E-state index in [0.29, 0.717) is 6.54 Å². The molecule has 104 valence electrons. The molecular weight excluding hydrogens is 346 g/mol. The number of anilines is 1. The van der Waals surface area contributed by atoms with Crippen LogP contribution >= 0.6 is 27.3 Å². The Morgan fingerprint density at radius 3 is 2.90 bits per heavy atom. The third-order valence-electron chi connectivity index (χ3n) is 2.30. The molecule has 0 bridgehead atoms. The van der Waals surface area contributed by atoms with Crippen LogP contribution in [0.3, 0.4) is 0 Å². The molecule has 0 aromatic carbocycles. The zero-order valence-corrected chi connectivity index (χ0v) is 12.5. The predicted octanol–water partition coefficient (Wildman–Crippen LogP) is 2.93. The van der Waals surface area contributed by atoms with Gasteiger partial charge in [0.05, 0.1) is 12.2 Å². The van der Waals surface area contributed by atoms with Crippen molar-refractivity contribution in [2.75, 3.05) is 5.32 Å². The van der Waals surface area contributed by atoms with Gasteiger partial charge in [-0.1, -0.05) is 0 Å². The Labute approximate surface area is 127 Å². The lowest BCUT2D eigenvalue weighted by Gasteiger charge is -2.08. The quantitative estimate of drug-likeness (QED) is 0.786. The number of urea groups is 1. The number of nitrogens with one attached hydrogen (secondary N) is 2. The van der Waals surface area contributed by atoms with E-state index in [4.69, 9.17) is 5.11 Å². The van der Waals surface area contributed by atoms with Gasteiger partial charge in [-0.15, -0.1) is 11.3 Å². The average Bonchev–Trinajstić information content (AvgIpc) is 2.83. The van der Waals surface area contributed by atoms with E-state index in [1.165, 1.54) is 23.6 Å². The minimum Gasteiger partial charge on any atom is -0.476 e. The largest absolute Gasteiger partial charge is 0.476 e. The van der Waals surface area contributed by atoms with Crippen LogP contribution in [0, 0.1) is 0 Å². The maximum atomic E-state index is 11.7. The van der Waals surface area contributed by atoms with Crippen molar-refractivity contribution in [1.29, 1.82) is 0 Å². The predicted molar refractivity (Wildman–Crippen MR) is 79.1 cm³/mol. The fraction of sp³-hybridized carbons (Fsp3) is 0.0833. The van der Waals surface area contributed by atoms with E-state index in [0.717, 1.165) is 9.35 Å². The zero-order valence-electron chi connectivity index (χ0n) is 10.1. The highest BCUT2D eigenvalue weighted by molar-refractivity contribution is 9.10. The molecule has 0 atom stereocenters. The lowest BCUT2D eigenvalue weighted by Crippen LogP contribution is -2.28. The molecule has 0 saturated heterocycles. The Morgan fingerprint density at radius 1 is 1.45 bits per heavy atom. The molecule has 6 nitrogen and oxygen atoms in total. The van der Waals surface area contributed by atoms with Crippen LogP contribution < -0.4 is 10.6 Å². The van der Waals surface area contributed by atoms with Crippen LogP contribution in [-0.2, 0) is 6.54 Å². The lowest BCUT2D eigenvalue weighted by atomic mass is 10.3. The summed E-state index contributed by atoms with van der Waals surface area (Å²) in [5, 5.41) is 16.0. The lowest BCUT2D eigenvalue weighted by molar-refractivity contribution is 0.0692. The standard InChI is InChI=1S/C12H10BrN3O3S/c13-7-4-8(20-6-7)5-15-12(19)16-9-2-1-3-14-10(9)11(17)18/h1-4,6H,5H2,(H,17,18)(H2,15,16,19). The molecule has 2 aromatic heterocycles. The third kappa shape index (κ3) is 3.78. The highest BCUT2D eigenvalue weighted by atomic mass is 79.9. The van der Waals surface area contributed by atoms with E-state index in [1.54, 1.807) is 6.07 Å². The maximum absolute atomic E-state index is 11.7. The molecular formula is C12H10BrN3O3S. The highest BCUT2D eigenvalue weighted by Crippen LogP contribution is 2.19. The molecule has 3 N–H and O–H groups in total. The minimum atomic E-state index is -1.19. The van der Waals surface area contributed by atoms with E-state index in [9.17, 15) is 9.59 Å². The van der Waals surface area contributed by atoms with Gasteiger partial charge in [-0.25, -0.2) is 14.6 Å². The minimum absolute atomic E-state index is 0.157. The van der Waals surface area contributed by atoms with Crippen LogP contribution in [-0.4, -0.2) is 22.1 Å². The SMILES string of the molecule is O=C(NCc1cc(Br)cs1)Nc1cccnc1C(=O)O. The molecule has 2 rings (SSSR count). The highest BCUT2D eigenvalue weighted by Gasteiger charge is 2.13. The number of pyridine rings is 1. The van der Waals surface area contributed by atoms with Crippen LogP contribution in [0.2, 0.25) is 0 Å². The fourth-order valence-corrected chi connectivity index (χ4v) is 2.85. The van der Waals surface area contributed by atoms with Crippen LogP contribution in [0.1, 0.15) is 15.4 Å². The van der Waals surface area contributed by atoms with Gasteiger partial charge in [-0.2, -0.15) is 0 Å². The van der Waals surface area contributed by atoms with Gasteiger partial charge in [-0.3, -0.25) is 0 Å². The van der Waals surface area contributed by atoms with Crippen LogP contribution in [0.15, 0.2) is 34.2 Å². The molecule has 0 saturated carbocycles. The average molecular weight is 356 g/mol. The number of carboxylic acids is 1. The molecule has 0 spiro atoms. The normalized spacial score (nSPS) is 10.1. The first-order valence-corrected chi connectivity index (χ1v) is 7.19. The topological polar surface area (TPSA) is 91.3 Å². The van der Waals surface area contributed by atoms with E-state index < -0.39 is 12.0 Å². The fourth-order valence-electron chi connectivity index (χ4n) is 1.46. The number of halogens is 1.